The summed E-state index contributed by atoms with van der Waals surface area (Å²) in [5, 5.41) is 3.62. The molecule has 1 aromatic rings. The molecule has 1 N–H and O–H groups in total. The number of ether oxygens (including phenoxy) is 1. The minimum Gasteiger partial charge on any atom is -0.435 e. The van der Waals surface area contributed by atoms with Gasteiger partial charge in [-0.15, -0.1) is 0 Å². The summed E-state index contributed by atoms with van der Waals surface area (Å²) in [6, 6.07) is 7.47. The number of anilines is 1. The van der Waals surface area contributed by atoms with E-state index < -0.39 is 6.61 Å². The second-order valence-corrected chi connectivity index (χ2v) is 6.81. The van der Waals surface area contributed by atoms with Gasteiger partial charge in [0.25, 0.3) is 0 Å². The van der Waals surface area contributed by atoms with Gasteiger partial charge in [-0.2, -0.15) is 8.78 Å². The van der Waals surface area contributed by atoms with Crippen LogP contribution in [0.5, 0.6) is 5.75 Å². The first kappa shape index (κ1) is 13.4. The van der Waals surface area contributed by atoms with Gasteiger partial charge in [-0.25, -0.2) is 0 Å². The van der Waals surface area contributed by atoms with Crippen LogP contribution in [0.3, 0.4) is 0 Å². The molecule has 3 saturated carbocycles. The van der Waals surface area contributed by atoms with Crippen LogP contribution in [0.1, 0.15) is 32.1 Å². The molecule has 2 nitrogen and oxygen atoms in total. The molecule has 0 heterocycles. The summed E-state index contributed by atoms with van der Waals surface area (Å²) in [7, 11) is 0. The molecule has 0 radical (unpaired) electrons. The molecule has 0 amide bonds. The van der Waals surface area contributed by atoms with E-state index in [1.807, 2.05) is 12.1 Å². The Morgan fingerprint density at radius 2 is 1.76 bits per heavy atom. The largest absolute Gasteiger partial charge is 0.435 e. The van der Waals surface area contributed by atoms with Crippen molar-refractivity contribution >= 4 is 5.69 Å². The van der Waals surface area contributed by atoms with Crippen LogP contribution in [0.4, 0.5) is 14.5 Å². The normalized spacial score (nSPS) is 37.0. The molecule has 2 bridgehead atoms. The number of alkyl halides is 2. The van der Waals surface area contributed by atoms with E-state index in [0.717, 1.165) is 29.4 Å². The topological polar surface area (TPSA) is 21.3 Å². The highest BCUT2D eigenvalue weighted by atomic mass is 19.3. The quantitative estimate of drug-likeness (QED) is 0.881. The summed E-state index contributed by atoms with van der Waals surface area (Å²) in [4.78, 5) is 0. The molecule has 4 heteroatoms. The Bertz CT molecular complexity index is 504. The molecule has 21 heavy (non-hydrogen) atoms. The van der Waals surface area contributed by atoms with Crippen LogP contribution >= 0.6 is 0 Å². The molecule has 0 aliphatic heterocycles. The Kier molecular flexibility index (Phi) is 3.27. The number of benzene rings is 1. The fourth-order valence-electron chi connectivity index (χ4n) is 5.18. The molecule has 3 aliphatic rings. The van der Waals surface area contributed by atoms with Crippen molar-refractivity contribution in [3.8, 4) is 5.75 Å². The number of hydrogen-bond acceptors (Lipinski definition) is 2. The highest BCUT2D eigenvalue weighted by molar-refractivity contribution is 5.47. The van der Waals surface area contributed by atoms with Crippen molar-refractivity contribution in [1.82, 2.24) is 0 Å². The van der Waals surface area contributed by atoms with Gasteiger partial charge in [-0.3, -0.25) is 0 Å². The van der Waals surface area contributed by atoms with Crippen molar-refractivity contribution in [2.45, 2.75) is 44.8 Å². The molecule has 3 aliphatic carbocycles. The molecule has 0 spiro atoms. The lowest BCUT2D eigenvalue weighted by molar-refractivity contribution is -0.0498. The average Bonchev–Trinajstić information content (AvgIpc) is 3.12. The summed E-state index contributed by atoms with van der Waals surface area (Å²) in [6.07, 6.45) is 6.93. The number of nitrogens with one attached hydrogen (secondary N) is 1. The SMILES string of the molecule is FC(F)Oc1ccc(NC2CC3CC2C2CCCC32)cc1. The predicted octanol–water partition coefficient (Wildman–Crippen LogP) is 4.52. The highest BCUT2D eigenvalue weighted by Crippen LogP contribution is 2.59. The van der Waals surface area contributed by atoms with Gasteiger partial charge in [0.15, 0.2) is 0 Å². The lowest BCUT2D eigenvalue weighted by atomic mass is 9.79. The van der Waals surface area contributed by atoms with Gasteiger partial charge in [-0.05, 0) is 73.6 Å². The van der Waals surface area contributed by atoms with Crippen molar-refractivity contribution in [1.29, 1.82) is 0 Å². The third-order valence-electron chi connectivity index (χ3n) is 5.86. The third-order valence-corrected chi connectivity index (χ3v) is 5.86. The van der Waals surface area contributed by atoms with Crippen LogP contribution in [0.15, 0.2) is 24.3 Å². The van der Waals surface area contributed by atoms with Gasteiger partial charge in [0.05, 0.1) is 0 Å². The van der Waals surface area contributed by atoms with Crippen LogP contribution in [0.2, 0.25) is 0 Å². The Morgan fingerprint density at radius 3 is 2.52 bits per heavy atom. The number of rotatable bonds is 4. The number of hydrogen-bond donors (Lipinski definition) is 1. The minimum absolute atomic E-state index is 0.222. The fourth-order valence-corrected chi connectivity index (χ4v) is 5.18. The van der Waals surface area contributed by atoms with Crippen molar-refractivity contribution in [2.75, 3.05) is 5.32 Å². The van der Waals surface area contributed by atoms with E-state index in [9.17, 15) is 8.78 Å². The monoisotopic (exact) mass is 293 g/mol. The zero-order valence-corrected chi connectivity index (χ0v) is 12.0. The molecular formula is C17H21F2NO. The van der Waals surface area contributed by atoms with Gasteiger partial charge < -0.3 is 10.1 Å². The second-order valence-electron chi connectivity index (χ2n) is 6.81. The second kappa shape index (κ2) is 5.15. The van der Waals surface area contributed by atoms with Gasteiger partial charge >= 0.3 is 6.61 Å². The summed E-state index contributed by atoms with van der Waals surface area (Å²) in [6.45, 7) is -2.76. The molecule has 114 valence electrons. The molecular weight excluding hydrogens is 272 g/mol. The molecule has 3 fully saturated rings. The van der Waals surface area contributed by atoms with Crippen LogP contribution < -0.4 is 10.1 Å². The lowest BCUT2D eigenvalue weighted by Crippen LogP contribution is -2.33. The summed E-state index contributed by atoms with van der Waals surface area (Å²) < 4.78 is 28.7. The van der Waals surface area contributed by atoms with E-state index in [2.05, 4.69) is 10.1 Å². The molecule has 4 rings (SSSR count). The highest BCUT2D eigenvalue weighted by Gasteiger charge is 2.53. The summed E-state index contributed by atoms with van der Waals surface area (Å²) >= 11 is 0. The Hall–Kier alpha value is -1.32. The van der Waals surface area contributed by atoms with E-state index in [1.54, 1.807) is 12.1 Å². The fraction of sp³-hybridized carbons (Fsp3) is 0.647. The first-order chi connectivity index (χ1) is 10.2. The maximum atomic E-state index is 12.1. The standard InChI is InChI=1S/C17H21F2NO/c18-17(19)21-12-6-4-11(5-7-12)20-16-9-10-8-15(16)14-3-1-2-13(10)14/h4-7,10,13-17,20H,1-3,8-9H2. The van der Waals surface area contributed by atoms with Crippen LogP contribution in [-0.2, 0) is 0 Å². The van der Waals surface area contributed by atoms with E-state index in [0.29, 0.717) is 6.04 Å². The van der Waals surface area contributed by atoms with Crippen LogP contribution in [0, 0.1) is 23.7 Å². The van der Waals surface area contributed by atoms with Crippen molar-refractivity contribution in [2.24, 2.45) is 23.7 Å². The molecule has 1 aromatic carbocycles. The minimum atomic E-state index is -2.76. The zero-order valence-electron chi connectivity index (χ0n) is 12.0. The maximum absolute atomic E-state index is 12.1. The summed E-state index contributed by atoms with van der Waals surface area (Å²) in [5.74, 6) is 3.89. The van der Waals surface area contributed by atoms with Crippen LogP contribution in [-0.4, -0.2) is 12.7 Å². The van der Waals surface area contributed by atoms with Crippen molar-refractivity contribution in [3.63, 3.8) is 0 Å². The van der Waals surface area contributed by atoms with Gasteiger partial charge in [0.1, 0.15) is 5.75 Å². The number of halogens is 2. The van der Waals surface area contributed by atoms with Gasteiger partial charge in [0, 0.05) is 11.7 Å². The smallest absolute Gasteiger partial charge is 0.387 e. The van der Waals surface area contributed by atoms with E-state index in [1.165, 1.54) is 32.1 Å². The maximum Gasteiger partial charge on any atom is 0.387 e. The van der Waals surface area contributed by atoms with Gasteiger partial charge in [0.2, 0.25) is 0 Å². The van der Waals surface area contributed by atoms with Crippen molar-refractivity contribution < 1.29 is 13.5 Å². The molecule has 5 unspecified atom stereocenters. The summed E-state index contributed by atoms with van der Waals surface area (Å²) in [5.41, 5.74) is 1.02. The lowest BCUT2D eigenvalue weighted by Gasteiger charge is -2.32. The average molecular weight is 293 g/mol. The Balaban J connectivity index is 1.41. The van der Waals surface area contributed by atoms with Gasteiger partial charge in [-0.1, -0.05) is 6.42 Å². The third kappa shape index (κ3) is 2.39. The van der Waals surface area contributed by atoms with E-state index in [-0.39, 0.29) is 5.75 Å². The first-order valence-electron chi connectivity index (χ1n) is 8.02. The number of fused-ring (bicyclic) bond motifs is 5. The van der Waals surface area contributed by atoms with Crippen LogP contribution in [0.25, 0.3) is 0 Å². The Labute approximate surface area is 123 Å². The van der Waals surface area contributed by atoms with E-state index in [4.69, 9.17) is 0 Å². The Morgan fingerprint density at radius 1 is 1.00 bits per heavy atom. The predicted molar refractivity (Wildman–Crippen MR) is 77.5 cm³/mol. The molecule has 0 saturated heterocycles. The van der Waals surface area contributed by atoms with Crippen molar-refractivity contribution in [3.05, 3.63) is 24.3 Å². The first-order valence-corrected chi connectivity index (χ1v) is 8.02. The molecule has 0 aromatic heterocycles. The molecule has 5 atom stereocenters. The zero-order chi connectivity index (χ0) is 14.4. The van der Waals surface area contributed by atoms with E-state index >= 15 is 0 Å².